The lowest BCUT2D eigenvalue weighted by molar-refractivity contribution is 0.122. The summed E-state index contributed by atoms with van der Waals surface area (Å²) in [5.74, 6) is 0.428. The third-order valence-electron chi connectivity index (χ3n) is 3.61. The van der Waals surface area contributed by atoms with Gasteiger partial charge in [-0.25, -0.2) is 9.38 Å². The average molecular weight is 332 g/mol. The van der Waals surface area contributed by atoms with E-state index in [4.69, 9.17) is 4.74 Å². The number of morpholine rings is 1. The van der Waals surface area contributed by atoms with Crippen molar-refractivity contribution >= 4 is 11.6 Å². The van der Waals surface area contributed by atoms with E-state index in [1.807, 2.05) is 17.0 Å². The SMILES string of the molecule is C=CCNC(=NCc1ccc(N2CCOCC2)c(F)c1)NCC=C. The molecule has 0 bridgehead atoms. The first-order chi connectivity index (χ1) is 11.7. The quantitative estimate of drug-likeness (QED) is 0.456. The molecule has 0 saturated carbocycles. The summed E-state index contributed by atoms with van der Waals surface area (Å²) >= 11 is 0. The van der Waals surface area contributed by atoms with Crippen molar-refractivity contribution in [1.29, 1.82) is 0 Å². The van der Waals surface area contributed by atoms with E-state index < -0.39 is 0 Å². The first kappa shape index (κ1) is 18.0. The minimum absolute atomic E-state index is 0.218. The first-order valence-corrected chi connectivity index (χ1v) is 8.09. The van der Waals surface area contributed by atoms with Gasteiger partial charge in [0.15, 0.2) is 5.96 Å². The Labute approximate surface area is 142 Å². The molecule has 2 N–H and O–H groups in total. The minimum atomic E-state index is -0.218. The summed E-state index contributed by atoms with van der Waals surface area (Å²) in [6.45, 7) is 11.6. The molecule has 1 aromatic carbocycles. The number of nitrogens with one attached hydrogen (secondary N) is 2. The molecule has 6 heteroatoms. The molecule has 1 fully saturated rings. The monoisotopic (exact) mass is 332 g/mol. The molecule has 1 aromatic rings. The fraction of sp³-hybridized carbons (Fsp3) is 0.389. The summed E-state index contributed by atoms with van der Waals surface area (Å²) < 4.78 is 19.7. The van der Waals surface area contributed by atoms with E-state index in [1.54, 1.807) is 18.2 Å². The van der Waals surface area contributed by atoms with Crippen LogP contribution in [-0.2, 0) is 11.3 Å². The molecule has 0 unspecified atom stereocenters. The number of aliphatic imine (C=N–C) groups is 1. The van der Waals surface area contributed by atoms with Crippen LogP contribution in [0.2, 0.25) is 0 Å². The van der Waals surface area contributed by atoms with Gasteiger partial charge in [0.05, 0.1) is 25.4 Å². The second-order valence-corrected chi connectivity index (χ2v) is 5.39. The maximum atomic E-state index is 14.4. The number of hydrogen-bond donors (Lipinski definition) is 2. The summed E-state index contributed by atoms with van der Waals surface area (Å²) in [4.78, 5) is 6.46. The zero-order valence-corrected chi connectivity index (χ0v) is 13.9. The maximum absolute atomic E-state index is 14.4. The zero-order valence-electron chi connectivity index (χ0n) is 13.9. The topological polar surface area (TPSA) is 48.9 Å². The average Bonchev–Trinajstić information content (AvgIpc) is 2.62. The van der Waals surface area contributed by atoms with Gasteiger partial charge >= 0.3 is 0 Å². The molecule has 0 aromatic heterocycles. The van der Waals surface area contributed by atoms with Crippen LogP contribution >= 0.6 is 0 Å². The number of nitrogens with zero attached hydrogens (tertiary/aromatic N) is 2. The van der Waals surface area contributed by atoms with Crippen molar-refractivity contribution < 1.29 is 9.13 Å². The molecule has 1 saturated heterocycles. The Morgan fingerprint density at radius 3 is 2.46 bits per heavy atom. The Kier molecular flexibility index (Phi) is 7.29. The van der Waals surface area contributed by atoms with E-state index in [1.165, 1.54) is 0 Å². The van der Waals surface area contributed by atoms with E-state index in [0.717, 1.165) is 18.7 Å². The second-order valence-electron chi connectivity index (χ2n) is 5.39. The summed E-state index contributed by atoms with van der Waals surface area (Å²) in [5.41, 5.74) is 1.45. The van der Waals surface area contributed by atoms with E-state index in [9.17, 15) is 4.39 Å². The third-order valence-corrected chi connectivity index (χ3v) is 3.61. The van der Waals surface area contributed by atoms with Crippen LogP contribution in [0, 0.1) is 5.82 Å². The smallest absolute Gasteiger partial charge is 0.192 e. The van der Waals surface area contributed by atoms with Gasteiger partial charge in [0.25, 0.3) is 0 Å². The molecule has 0 aliphatic carbocycles. The molecular formula is C18H25FN4O. The first-order valence-electron chi connectivity index (χ1n) is 8.09. The van der Waals surface area contributed by atoms with Crippen LogP contribution in [-0.4, -0.2) is 45.4 Å². The predicted molar refractivity (Wildman–Crippen MR) is 97.0 cm³/mol. The van der Waals surface area contributed by atoms with Gasteiger partial charge in [0.2, 0.25) is 0 Å². The molecule has 0 atom stereocenters. The van der Waals surface area contributed by atoms with Crippen molar-refractivity contribution in [2.75, 3.05) is 44.3 Å². The lowest BCUT2D eigenvalue weighted by Gasteiger charge is -2.29. The van der Waals surface area contributed by atoms with Crippen molar-refractivity contribution in [3.63, 3.8) is 0 Å². The van der Waals surface area contributed by atoms with Crippen molar-refractivity contribution in [2.24, 2.45) is 4.99 Å². The summed E-state index contributed by atoms with van der Waals surface area (Å²) in [6, 6.07) is 5.28. The predicted octanol–water partition coefficient (Wildman–Crippen LogP) is 2.07. The highest BCUT2D eigenvalue weighted by Gasteiger charge is 2.15. The van der Waals surface area contributed by atoms with Crippen molar-refractivity contribution in [3.05, 3.63) is 54.9 Å². The summed E-state index contributed by atoms with van der Waals surface area (Å²) in [6.07, 6.45) is 3.50. The van der Waals surface area contributed by atoms with Crippen LogP contribution in [0.3, 0.4) is 0 Å². The standard InChI is InChI=1S/C18H25FN4O/c1-3-7-20-18(21-8-4-2)22-14-15-5-6-17(16(19)13-15)23-9-11-24-12-10-23/h3-6,13H,1-2,7-12,14H2,(H2,20,21,22). The van der Waals surface area contributed by atoms with Crippen molar-refractivity contribution in [2.45, 2.75) is 6.54 Å². The maximum Gasteiger partial charge on any atom is 0.192 e. The summed E-state index contributed by atoms with van der Waals surface area (Å²) in [5, 5.41) is 6.22. The van der Waals surface area contributed by atoms with Crippen molar-refractivity contribution in [3.8, 4) is 0 Å². The van der Waals surface area contributed by atoms with Crippen LogP contribution in [0.25, 0.3) is 0 Å². The Morgan fingerprint density at radius 2 is 1.88 bits per heavy atom. The number of benzene rings is 1. The second kappa shape index (κ2) is 9.72. The van der Waals surface area contributed by atoms with Gasteiger partial charge in [-0.05, 0) is 17.7 Å². The highest BCUT2D eigenvalue weighted by molar-refractivity contribution is 5.80. The van der Waals surface area contributed by atoms with Crippen LogP contribution in [0.4, 0.5) is 10.1 Å². The van der Waals surface area contributed by atoms with Crippen LogP contribution in [0.15, 0.2) is 48.5 Å². The molecule has 0 amide bonds. The molecule has 1 aliphatic rings. The van der Waals surface area contributed by atoms with Crippen molar-refractivity contribution in [1.82, 2.24) is 10.6 Å². The number of guanidine groups is 1. The molecule has 1 aliphatic heterocycles. The number of hydrogen-bond acceptors (Lipinski definition) is 3. The minimum Gasteiger partial charge on any atom is -0.378 e. The Balaban J connectivity index is 2.02. The van der Waals surface area contributed by atoms with Gasteiger partial charge < -0.3 is 20.3 Å². The third kappa shape index (κ3) is 5.38. The highest BCUT2D eigenvalue weighted by atomic mass is 19.1. The number of ether oxygens (including phenoxy) is 1. The molecule has 1 heterocycles. The molecule has 0 radical (unpaired) electrons. The molecule has 0 spiro atoms. The summed E-state index contributed by atoms with van der Waals surface area (Å²) in [7, 11) is 0. The number of rotatable bonds is 7. The van der Waals surface area contributed by atoms with Gasteiger partial charge in [-0.1, -0.05) is 18.2 Å². The number of halogens is 1. The van der Waals surface area contributed by atoms with E-state index in [2.05, 4.69) is 28.8 Å². The fourth-order valence-corrected chi connectivity index (χ4v) is 2.39. The Bertz CT molecular complexity index is 568. The van der Waals surface area contributed by atoms with Crippen LogP contribution in [0.1, 0.15) is 5.56 Å². The molecule has 24 heavy (non-hydrogen) atoms. The molecule has 5 nitrogen and oxygen atoms in total. The lowest BCUT2D eigenvalue weighted by atomic mass is 10.1. The number of anilines is 1. The van der Waals surface area contributed by atoms with Crippen LogP contribution < -0.4 is 15.5 Å². The normalized spacial score (nSPS) is 14.0. The van der Waals surface area contributed by atoms with E-state index in [-0.39, 0.29) is 5.82 Å². The molecule has 2 rings (SSSR count). The fourth-order valence-electron chi connectivity index (χ4n) is 2.39. The van der Waals surface area contributed by atoms with Gasteiger partial charge in [-0.15, -0.1) is 13.2 Å². The Hall–Kier alpha value is -2.34. The van der Waals surface area contributed by atoms with Gasteiger partial charge in [0, 0.05) is 26.2 Å². The Morgan fingerprint density at radius 1 is 1.21 bits per heavy atom. The van der Waals surface area contributed by atoms with Gasteiger partial charge in [-0.2, -0.15) is 0 Å². The van der Waals surface area contributed by atoms with Crippen LogP contribution in [0.5, 0.6) is 0 Å². The van der Waals surface area contributed by atoms with Gasteiger partial charge in [-0.3, -0.25) is 0 Å². The highest BCUT2D eigenvalue weighted by Crippen LogP contribution is 2.21. The zero-order chi connectivity index (χ0) is 17.2. The van der Waals surface area contributed by atoms with E-state index >= 15 is 0 Å². The van der Waals surface area contributed by atoms with Gasteiger partial charge in [0.1, 0.15) is 5.82 Å². The molecular weight excluding hydrogens is 307 g/mol. The van der Waals surface area contributed by atoms with E-state index in [0.29, 0.717) is 44.5 Å². The molecule has 130 valence electrons. The largest absolute Gasteiger partial charge is 0.378 e. The lowest BCUT2D eigenvalue weighted by Crippen LogP contribution is -2.37.